The molecule has 0 aromatic heterocycles. The minimum Gasteiger partial charge on any atom is -0.380 e. The summed E-state index contributed by atoms with van der Waals surface area (Å²) in [5, 5.41) is 13.1. The maximum Gasteiger partial charge on any atom is 0.211 e. The van der Waals surface area contributed by atoms with E-state index in [1.807, 2.05) is 12.1 Å². The second kappa shape index (κ2) is 5.40. The maximum atomic E-state index is 10.7. The number of carbonyl (C=O) groups excluding carboxylic acids is 1. The topological polar surface area (TPSA) is 71.0 Å². The van der Waals surface area contributed by atoms with Crippen molar-refractivity contribution in [3.8, 4) is 0 Å². The van der Waals surface area contributed by atoms with Gasteiger partial charge in [0.05, 0.1) is 26.4 Å². The van der Waals surface area contributed by atoms with Crippen molar-refractivity contribution in [3.05, 3.63) is 23.8 Å². The first-order valence-electron chi connectivity index (χ1n) is 6.70. The third-order valence-corrected chi connectivity index (χ3v) is 3.74. The van der Waals surface area contributed by atoms with Crippen molar-refractivity contribution in [2.24, 2.45) is 0 Å². The summed E-state index contributed by atoms with van der Waals surface area (Å²) in [7, 11) is 0. The first-order chi connectivity index (χ1) is 9.71. The maximum absolute atomic E-state index is 10.7. The number of morpholine rings is 1. The summed E-state index contributed by atoms with van der Waals surface area (Å²) in [5.74, 6) is 0. The van der Waals surface area contributed by atoms with Crippen LogP contribution < -0.4 is 10.2 Å². The number of hydrogen-bond donors (Lipinski definition) is 2. The molecule has 0 bridgehead atoms. The van der Waals surface area contributed by atoms with Crippen LogP contribution in [0, 0.1) is 0 Å². The highest BCUT2D eigenvalue weighted by Gasteiger charge is 2.38. The van der Waals surface area contributed by atoms with Gasteiger partial charge in [0, 0.05) is 24.5 Å². The van der Waals surface area contributed by atoms with Gasteiger partial charge < -0.3 is 24.8 Å². The number of hydrogen-bond acceptors (Lipinski definition) is 5. The third-order valence-electron chi connectivity index (χ3n) is 3.74. The van der Waals surface area contributed by atoms with Crippen LogP contribution in [0.4, 0.5) is 11.4 Å². The molecule has 0 atom stereocenters. The fourth-order valence-electron chi connectivity index (χ4n) is 2.50. The highest BCUT2D eigenvalue weighted by Crippen LogP contribution is 2.34. The Morgan fingerprint density at radius 3 is 2.55 bits per heavy atom. The van der Waals surface area contributed by atoms with Gasteiger partial charge in [-0.05, 0) is 23.8 Å². The fourth-order valence-corrected chi connectivity index (χ4v) is 2.50. The third kappa shape index (κ3) is 2.49. The van der Waals surface area contributed by atoms with E-state index in [1.54, 1.807) is 6.07 Å². The Hall–Kier alpha value is -1.63. The summed E-state index contributed by atoms with van der Waals surface area (Å²) in [6.07, 6.45) is 0.642. The molecule has 6 nitrogen and oxygen atoms in total. The molecule has 0 saturated carbocycles. The molecule has 2 N–H and O–H groups in total. The van der Waals surface area contributed by atoms with Crippen molar-refractivity contribution in [2.45, 2.75) is 5.60 Å². The SMILES string of the molecule is O=CNc1cc(N2CCOCC2)cc(C2(O)COC2)c1. The lowest BCUT2D eigenvalue weighted by atomic mass is 9.91. The number of rotatable bonds is 4. The van der Waals surface area contributed by atoms with E-state index in [0.717, 1.165) is 24.3 Å². The van der Waals surface area contributed by atoms with Crippen molar-refractivity contribution in [3.63, 3.8) is 0 Å². The number of amides is 1. The second-order valence-corrected chi connectivity index (χ2v) is 5.15. The van der Waals surface area contributed by atoms with E-state index in [4.69, 9.17) is 9.47 Å². The molecular weight excluding hydrogens is 260 g/mol. The Balaban J connectivity index is 1.93. The molecule has 108 valence electrons. The second-order valence-electron chi connectivity index (χ2n) is 5.15. The summed E-state index contributed by atoms with van der Waals surface area (Å²) in [5.41, 5.74) is 1.49. The molecule has 2 fully saturated rings. The van der Waals surface area contributed by atoms with Crippen molar-refractivity contribution in [1.29, 1.82) is 0 Å². The van der Waals surface area contributed by atoms with Gasteiger partial charge in [-0.15, -0.1) is 0 Å². The number of benzene rings is 1. The van der Waals surface area contributed by atoms with E-state index in [0.29, 0.717) is 38.5 Å². The molecule has 1 amide bonds. The van der Waals surface area contributed by atoms with Gasteiger partial charge in [0.1, 0.15) is 5.60 Å². The van der Waals surface area contributed by atoms with Crippen LogP contribution in [0.25, 0.3) is 0 Å². The molecule has 0 aliphatic carbocycles. The van der Waals surface area contributed by atoms with Gasteiger partial charge in [-0.3, -0.25) is 4.79 Å². The fraction of sp³-hybridized carbons (Fsp3) is 0.500. The zero-order chi connectivity index (χ0) is 14.0. The van der Waals surface area contributed by atoms with Crippen molar-refractivity contribution in [2.75, 3.05) is 49.7 Å². The Morgan fingerprint density at radius 2 is 1.95 bits per heavy atom. The van der Waals surface area contributed by atoms with E-state index in [2.05, 4.69) is 10.2 Å². The van der Waals surface area contributed by atoms with Crippen LogP contribution in [0.2, 0.25) is 0 Å². The zero-order valence-electron chi connectivity index (χ0n) is 11.2. The quantitative estimate of drug-likeness (QED) is 0.776. The molecule has 3 rings (SSSR count). The first-order valence-corrected chi connectivity index (χ1v) is 6.70. The standard InChI is InChI=1S/C14H18N2O4/c17-10-15-12-5-11(14(18)8-20-9-14)6-13(7-12)16-1-3-19-4-2-16/h5-7,10,18H,1-4,8-9H2,(H,15,17). The van der Waals surface area contributed by atoms with Crippen LogP contribution in [0.5, 0.6) is 0 Å². The summed E-state index contributed by atoms with van der Waals surface area (Å²) < 4.78 is 10.4. The molecule has 2 saturated heterocycles. The molecule has 0 radical (unpaired) electrons. The van der Waals surface area contributed by atoms with Gasteiger partial charge in [0.2, 0.25) is 6.41 Å². The Morgan fingerprint density at radius 1 is 1.20 bits per heavy atom. The smallest absolute Gasteiger partial charge is 0.211 e. The highest BCUT2D eigenvalue weighted by molar-refractivity contribution is 5.74. The summed E-state index contributed by atoms with van der Waals surface area (Å²) in [6.45, 7) is 3.57. The van der Waals surface area contributed by atoms with Gasteiger partial charge in [-0.1, -0.05) is 0 Å². The Bertz CT molecular complexity index is 496. The molecule has 1 aromatic rings. The van der Waals surface area contributed by atoms with Crippen LogP contribution in [0.3, 0.4) is 0 Å². The molecule has 0 spiro atoms. The van der Waals surface area contributed by atoms with E-state index in [-0.39, 0.29) is 0 Å². The minimum atomic E-state index is -0.943. The first kappa shape index (κ1) is 13.4. The highest BCUT2D eigenvalue weighted by atomic mass is 16.5. The molecule has 2 aliphatic rings. The van der Waals surface area contributed by atoms with Gasteiger partial charge >= 0.3 is 0 Å². The summed E-state index contributed by atoms with van der Waals surface area (Å²) >= 11 is 0. The van der Waals surface area contributed by atoms with Crippen LogP contribution in [-0.4, -0.2) is 51.0 Å². The van der Waals surface area contributed by atoms with E-state index in [1.165, 1.54) is 0 Å². The van der Waals surface area contributed by atoms with Gasteiger partial charge in [0.25, 0.3) is 0 Å². The van der Waals surface area contributed by atoms with Crippen molar-refractivity contribution >= 4 is 17.8 Å². The largest absolute Gasteiger partial charge is 0.380 e. The minimum absolute atomic E-state index is 0.292. The Labute approximate surface area is 117 Å². The van der Waals surface area contributed by atoms with Gasteiger partial charge in [-0.25, -0.2) is 0 Å². The predicted molar refractivity (Wildman–Crippen MR) is 73.9 cm³/mol. The predicted octanol–water partition coefficient (Wildman–Crippen LogP) is 0.309. The van der Waals surface area contributed by atoms with E-state index in [9.17, 15) is 9.90 Å². The number of carbonyl (C=O) groups is 1. The molecule has 1 aromatic carbocycles. The van der Waals surface area contributed by atoms with E-state index >= 15 is 0 Å². The van der Waals surface area contributed by atoms with Crippen LogP contribution in [-0.2, 0) is 19.9 Å². The molecule has 20 heavy (non-hydrogen) atoms. The lowest BCUT2D eigenvalue weighted by molar-refractivity contribution is -0.184. The molecule has 0 unspecified atom stereocenters. The molecular formula is C14H18N2O4. The van der Waals surface area contributed by atoms with Crippen molar-refractivity contribution < 1.29 is 19.4 Å². The van der Waals surface area contributed by atoms with E-state index < -0.39 is 5.60 Å². The number of ether oxygens (including phenoxy) is 2. The Kier molecular flexibility index (Phi) is 3.60. The average molecular weight is 278 g/mol. The van der Waals surface area contributed by atoms with Gasteiger partial charge in [0.15, 0.2) is 0 Å². The lowest BCUT2D eigenvalue weighted by Crippen LogP contribution is -2.46. The van der Waals surface area contributed by atoms with Crippen LogP contribution in [0.15, 0.2) is 18.2 Å². The number of nitrogens with zero attached hydrogens (tertiary/aromatic N) is 1. The number of aliphatic hydroxyl groups is 1. The monoisotopic (exact) mass is 278 g/mol. The normalized spacial score (nSPS) is 21.1. The molecule has 6 heteroatoms. The zero-order valence-corrected chi connectivity index (χ0v) is 11.2. The number of anilines is 2. The molecule has 2 aliphatic heterocycles. The van der Waals surface area contributed by atoms with Crippen LogP contribution in [0.1, 0.15) is 5.56 Å². The van der Waals surface area contributed by atoms with Crippen LogP contribution >= 0.6 is 0 Å². The van der Waals surface area contributed by atoms with Gasteiger partial charge in [-0.2, -0.15) is 0 Å². The average Bonchev–Trinajstić information content (AvgIpc) is 2.46. The molecule has 2 heterocycles. The summed E-state index contributed by atoms with van der Waals surface area (Å²) in [4.78, 5) is 12.9. The number of nitrogens with one attached hydrogen (secondary N) is 1. The summed E-state index contributed by atoms with van der Waals surface area (Å²) in [6, 6.07) is 5.66. The van der Waals surface area contributed by atoms with Crippen molar-refractivity contribution in [1.82, 2.24) is 0 Å². The lowest BCUT2D eigenvalue weighted by Gasteiger charge is -2.38.